The van der Waals surface area contributed by atoms with Gasteiger partial charge in [-0.25, -0.2) is 0 Å². The van der Waals surface area contributed by atoms with Crippen LogP contribution < -0.4 is 0 Å². The second-order valence-corrected chi connectivity index (χ2v) is 5.24. The number of hydrogen-bond donors (Lipinski definition) is 2. The zero-order chi connectivity index (χ0) is 12.5. The van der Waals surface area contributed by atoms with E-state index in [0.29, 0.717) is 19.4 Å². The molecule has 0 radical (unpaired) electrons. The molecule has 2 aliphatic heterocycles. The summed E-state index contributed by atoms with van der Waals surface area (Å²) in [6, 6.07) is 0. The third kappa shape index (κ3) is 3.17. The Kier molecular flexibility index (Phi) is 4.05. The van der Waals surface area contributed by atoms with Crippen molar-refractivity contribution >= 4 is 0 Å². The highest BCUT2D eigenvalue weighted by atomic mass is 16.7. The quantitative estimate of drug-likeness (QED) is 0.739. The summed E-state index contributed by atoms with van der Waals surface area (Å²) in [6.07, 6.45) is 0.840. The van der Waals surface area contributed by atoms with Crippen LogP contribution in [0, 0.1) is 0 Å². The van der Waals surface area contributed by atoms with Gasteiger partial charge in [0.1, 0.15) is 6.10 Å². The summed E-state index contributed by atoms with van der Waals surface area (Å²) in [6.45, 7) is 4.27. The first-order chi connectivity index (χ1) is 8.02. The Morgan fingerprint density at radius 2 is 2.00 bits per heavy atom. The number of fused-ring (bicyclic) bond motifs is 1. The van der Waals surface area contributed by atoms with Crippen molar-refractivity contribution in [1.82, 2.24) is 0 Å². The highest BCUT2D eigenvalue weighted by Gasteiger charge is 2.41. The fourth-order valence-electron chi connectivity index (χ4n) is 2.46. The zero-order valence-corrected chi connectivity index (χ0v) is 10.5. The van der Waals surface area contributed by atoms with Crippen LogP contribution in [0.3, 0.4) is 0 Å². The molecule has 5 nitrogen and oxygen atoms in total. The molecule has 0 amide bonds. The maximum atomic E-state index is 9.92. The summed E-state index contributed by atoms with van der Waals surface area (Å²) in [4.78, 5) is 0. The van der Waals surface area contributed by atoms with E-state index in [1.807, 2.05) is 13.8 Å². The highest BCUT2D eigenvalue weighted by Crippen LogP contribution is 2.31. The van der Waals surface area contributed by atoms with Gasteiger partial charge >= 0.3 is 0 Å². The van der Waals surface area contributed by atoms with Crippen LogP contribution in [0.15, 0.2) is 0 Å². The van der Waals surface area contributed by atoms with Gasteiger partial charge in [0.15, 0.2) is 5.79 Å². The molecule has 0 saturated carbocycles. The molecule has 0 bridgehead atoms. The largest absolute Gasteiger partial charge is 0.396 e. The van der Waals surface area contributed by atoms with E-state index in [2.05, 4.69) is 0 Å². The molecular weight excluding hydrogens is 224 g/mol. The lowest BCUT2D eigenvalue weighted by Crippen LogP contribution is -2.50. The molecule has 5 heteroatoms. The number of aliphatic hydroxyl groups excluding tert-OH is 2. The number of ether oxygens (including phenoxy) is 3. The fourth-order valence-corrected chi connectivity index (χ4v) is 2.46. The molecule has 0 unspecified atom stereocenters. The minimum atomic E-state index is -0.577. The van der Waals surface area contributed by atoms with E-state index in [4.69, 9.17) is 19.3 Å². The van der Waals surface area contributed by atoms with E-state index < -0.39 is 11.9 Å². The maximum absolute atomic E-state index is 9.92. The van der Waals surface area contributed by atoms with Gasteiger partial charge in [0.05, 0.1) is 24.9 Å². The third-order valence-corrected chi connectivity index (χ3v) is 3.38. The van der Waals surface area contributed by atoms with Crippen molar-refractivity contribution in [1.29, 1.82) is 0 Å². The van der Waals surface area contributed by atoms with Crippen LogP contribution in [0.4, 0.5) is 0 Å². The molecule has 17 heavy (non-hydrogen) atoms. The van der Waals surface area contributed by atoms with Crippen molar-refractivity contribution in [3.63, 3.8) is 0 Å². The highest BCUT2D eigenvalue weighted by molar-refractivity contribution is 4.85. The third-order valence-electron chi connectivity index (χ3n) is 3.38. The average molecular weight is 246 g/mol. The van der Waals surface area contributed by atoms with Crippen molar-refractivity contribution < 1.29 is 24.4 Å². The average Bonchev–Trinajstić information content (AvgIpc) is 2.40. The molecule has 4 atom stereocenters. The maximum Gasteiger partial charge on any atom is 0.163 e. The van der Waals surface area contributed by atoms with Gasteiger partial charge in [0, 0.05) is 6.61 Å². The SMILES string of the molecule is CC1(C)OC[C@H]2O[C@@H](CCO)[C@H](O)CC[C@@H]2O1. The molecule has 0 spiro atoms. The van der Waals surface area contributed by atoms with E-state index in [9.17, 15) is 5.11 Å². The second kappa shape index (κ2) is 5.20. The van der Waals surface area contributed by atoms with E-state index in [-0.39, 0.29) is 24.9 Å². The summed E-state index contributed by atoms with van der Waals surface area (Å²) >= 11 is 0. The Balaban J connectivity index is 2.01. The predicted molar refractivity (Wildman–Crippen MR) is 60.5 cm³/mol. The summed E-state index contributed by atoms with van der Waals surface area (Å²) in [7, 11) is 0. The number of rotatable bonds is 2. The topological polar surface area (TPSA) is 68.2 Å². The molecule has 2 rings (SSSR count). The Morgan fingerprint density at radius 3 is 2.71 bits per heavy atom. The molecule has 2 aliphatic rings. The Bertz CT molecular complexity index is 255. The summed E-state index contributed by atoms with van der Waals surface area (Å²) in [5.41, 5.74) is 0. The Labute approximate surface area is 102 Å². The zero-order valence-electron chi connectivity index (χ0n) is 10.5. The van der Waals surface area contributed by atoms with Crippen molar-refractivity contribution in [3.05, 3.63) is 0 Å². The van der Waals surface area contributed by atoms with Crippen molar-refractivity contribution in [2.45, 2.75) is 63.3 Å². The van der Waals surface area contributed by atoms with E-state index in [1.165, 1.54) is 0 Å². The molecule has 0 aromatic rings. The normalized spacial score (nSPS) is 41.6. The van der Waals surface area contributed by atoms with Crippen molar-refractivity contribution in [3.8, 4) is 0 Å². The van der Waals surface area contributed by atoms with Crippen LogP contribution in [0.2, 0.25) is 0 Å². The van der Waals surface area contributed by atoms with E-state index in [1.54, 1.807) is 0 Å². The molecule has 2 heterocycles. The van der Waals surface area contributed by atoms with Gasteiger partial charge in [0.25, 0.3) is 0 Å². The van der Waals surface area contributed by atoms with Crippen LogP contribution in [0.5, 0.6) is 0 Å². The van der Waals surface area contributed by atoms with Gasteiger partial charge in [-0.2, -0.15) is 0 Å². The second-order valence-electron chi connectivity index (χ2n) is 5.24. The first kappa shape index (κ1) is 13.2. The fraction of sp³-hybridized carbons (Fsp3) is 1.00. The minimum absolute atomic E-state index is 0.0202. The molecule has 2 N–H and O–H groups in total. The van der Waals surface area contributed by atoms with Gasteiger partial charge in [-0.15, -0.1) is 0 Å². The smallest absolute Gasteiger partial charge is 0.163 e. The molecule has 2 saturated heterocycles. The van der Waals surface area contributed by atoms with E-state index in [0.717, 1.165) is 6.42 Å². The van der Waals surface area contributed by atoms with Gasteiger partial charge < -0.3 is 24.4 Å². The van der Waals surface area contributed by atoms with Gasteiger partial charge in [-0.1, -0.05) is 0 Å². The number of hydrogen-bond acceptors (Lipinski definition) is 5. The van der Waals surface area contributed by atoms with Gasteiger partial charge in [-0.3, -0.25) is 0 Å². The lowest BCUT2D eigenvalue weighted by atomic mass is 10.0. The van der Waals surface area contributed by atoms with Crippen LogP contribution in [-0.4, -0.2) is 53.6 Å². The van der Waals surface area contributed by atoms with Crippen LogP contribution in [0.1, 0.15) is 33.1 Å². The van der Waals surface area contributed by atoms with Crippen LogP contribution in [0.25, 0.3) is 0 Å². The lowest BCUT2D eigenvalue weighted by molar-refractivity contribution is -0.313. The summed E-state index contributed by atoms with van der Waals surface area (Å²) in [5, 5.41) is 18.9. The van der Waals surface area contributed by atoms with Gasteiger partial charge in [0.2, 0.25) is 0 Å². The van der Waals surface area contributed by atoms with E-state index >= 15 is 0 Å². The lowest BCUT2D eigenvalue weighted by Gasteiger charge is -2.40. The first-order valence-electron chi connectivity index (χ1n) is 6.28. The van der Waals surface area contributed by atoms with Crippen LogP contribution in [-0.2, 0) is 14.2 Å². The van der Waals surface area contributed by atoms with Crippen LogP contribution >= 0.6 is 0 Å². The monoisotopic (exact) mass is 246 g/mol. The Morgan fingerprint density at radius 1 is 1.24 bits per heavy atom. The number of aliphatic hydroxyl groups is 2. The van der Waals surface area contributed by atoms with Gasteiger partial charge in [-0.05, 0) is 33.1 Å². The minimum Gasteiger partial charge on any atom is -0.396 e. The summed E-state index contributed by atoms with van der Waals surface area (Å²) < 4.78 is 17.2. The molecule has 2 fully saturated rings. The first-order valence-corrected chi connectivity index (χ1v) is 6.28. The molecule has 0 aromatic heterocycles. The molecular formula is C12H22O5. The van der Waals surface area contributed by atoms with Crippen molar-refractivity contribution in [2.75, 3.05) is 13.2 Å². The molecule has 100 valence electrons. The predicted octanol–water partition coefficient (Wildman–Crippen LogP) is 0.429. The molecule has 0 aliphatic carbocycles. The Hall–Kier alpha value is -0.200. The van der Waals surface area contributed by atoms with Crippen molar-refractivity contribution in [2.24, 2.45) is 0 Å². The molecule has 0 aromatic carbocycles. The summed E-state index contributed by atoms with van der Waals surface area (Å²) in [5.74, 6) is -0.577. The standard InChI is InChI=1S/C12H22O5/c1-12(2)15-7-11-10(17-12)4-3-8(14)9(16-11)5-6-13/h8-11,13-14H,3-7H2,1-2H3/t8-,9+,10+,11-/m1/s1.